The number of nitrogens with zero attached hydrogens (tertiary/aromatic N) is 1. The monoisotopic (exact) mass is 286 g/mol. The van der Waals surface area contributed by atoms with Gasteiger partial charge in [0.2, 0.25) is 0 Å². The molecule has 0 heterocycles. The fraction of sp³-hybridized carbons (Fsp3) is 0.133. The van der Waals surface area contributed by atoms with Crippen LogP contribution < -0.4 is 5.32 Å². The SMILES string of the molecule is Cc1cc(NC(=O)OCc2ccccc2)cc([N+](=O)[O-])c1. The van der Waals surface area contributed by atoms with Crippen molar-refractivity contribution in [2.75, 3.05) is 5.32 Å². The van der Waals surface area contributed by atoms with E-state index in [-0.39, 0.29) is 12.3 Å². The number of rotatable bonds is 4. The lowest BCUT2D eigenvalue weighted by molar-refractivity contribution is -0.384. The Labute approximate surface area is 121 Å². The van der Waals surface area contributed by atoms with E-state index in [1.54, 1.807) is 13.0 Å². The first kappa shape index (κ1) is 14.5. The number of ether oxygens (including phenoxy) is 1. The zero-order chi connectivity index (χ0) is 15.2. The summed E-state index contributed by atoms with van der Waals surface area (Å²) < 4.78 is 5.05. The van der Waals surface area contributed by atoms with Crippen LogP contribution in [-0.2, 0) is 11.3 Å². The van der Waals surface area contributed by atoms with Crippen LogP contribution in [0.3, 0.4) is 0 Å². The number of anilines is 1. The molecular formula is C15H14N2O4. The second-order valence-corrected chi connectivity index (χ2v) is 4.50. The largest absolute Gasteiger partial charge is 0.444 e. The van der Waals surface area contributed by atoms with Crippen LogP contribution in [0.4, 0.5) is 16.2 Å². The molecule has 108 valence electrons. The summed E-state index contributed by atoms with van der Waals surface area (Å²) in [5, 5.41) is 13.2. The molecule has 2 rings (SSSR count). The lowest BCUT2D eigenvalue weighted by Crippen LogP contribution is -2.13. The number of benzene rings is 2. The zero-order valence-electron chi connectivity index (χ0n) is 11.4. The zero-order valence-corrected chi connectivity index (χ0v) is 11.4. The fourth-order valence-electron chi connectivity index (χ4n) is 1.82. The minimum absolute atomic E-state index is 0.0756. The van der Waals surface area contributed by atoms with Crippen molar-refractivity contribution in [3.63, 3.8) is 0 Å². The van der Waals surface area contributed by atoms with Crippen molar-refractivity contribution in [3.8, 4) is 0 Å². The van der Waals surface area contributed by atoms with Gasteiger partial charge in [0.25, 0.3) is 5.69 Å². The highest BCUT2D eigenvalue weighted by molar-refractivity contribution is 5.85. The summed E-state index contributed by atoms with van der Waals surface area (Å²) in [7, 11) is 0. The molecule has 0 aromatic heterocycles. The molecule has 2 aromatic rings. The van der Waals surface area contributed by atoms with Crippen LogP contribution in [0.1, 0.15) is 11.1 Å². The second kappa shape index (κ2) is 6.51. The molecule has 2 aromatic carbocycles. The van der Waals surface area contributed by atoms with Gasteiger partial charge >= 0.3 is 6.09 Å². The fourth-order valence-corrected chi connectivity index (χ4v) is 1.82. The van der Waals surface area contributed by atoms with Crippen molar-refractivity contribution >= 4 is 17.5 Å². The molecule has 0 aliphatic carbocycles. The summed E-state index contributed by atoms with van der Waals surface area (Å²) in [4.78, 5) is 21.9. The molecule has 1 N–H and O–H groups in total. The van der Waals surface area contributed by atoms with Crippen molar-refractivity contribution in [2.24, 2.45) is 0 Å². The molecule has 0 unspecified atom stereocenters. The summed E-state index contributed by atoms with van der Waals surface area (Å²) in [6.07, 6.45) is -0.654. The highest BCUT2D eigenvalue weighted by Gasteiger charge is 2.10. The maximum atomic E-state index is 11.7. The van der Waals surface area contributed by atoms with Crippen LogP contribution in [0.15, 0.2) is 48.5 Å². The van der Waals surface area contributed by atoms with Crippen molar-refractivity contribution in [3.05, 3.63) is 69.8 Å². The Kier molecular flexibility index (Phi) is 4.50. The smallest absolute Gasteiger partial charge is 0.411 e. The topological polar surface area (TPSA) is 81.5 Å². The maximum absolute atomic E-state index is 11.7. The van der Waals surface area contributed by atoms with E-state index in [0.717, 1.165) is 5.56 Å². The predicted molar refractivity (Wildman–Crippen MR) is 78.1 cm³/mol. The first-order chi connectivity index (χ1) is 10.0. The van der Waals surface area contributed by atoms with E-state index in [1.165, 1.54) is 12.1 Å². The maximum Gasteiger partial charge on any atom is 0.411 e. The van der Waals surface area contributed by atoms with E-state index in [4.69, 9.17) is 4.74 Å². The van der Waals surface area contributed by atoms with Gasteiger partial charge in [-0.15, -0.1) is 0 Å². The Morgan fingerprint density at radius 3 is 2.62 bits per heavy atom. The van der Waals surface area contributed by atoms with Crippen LogP contribution in [0.5, 0.6) is 0 Å². The molecule has 0 saturated heterocycles. The Morgan fingerprint density at radius 2 is 1.95 bits per heavy atom. The third-order valence-electron chi connectivity index (χ3n) is 2.73. The Hall–Kier alpha value is -2.89. The molecule has 0 fully saturated rings. The molecule has 0 spiro atoms. The van der Waals surface area contributed by atoms with Gasteiger partial charge in [-0.05, 0) is 24.1 Å². The summed E-state index contributed by atoms with van der Waals surface area (Å²) in [6.45, 7) is 1.86. The molecule has 0 radical (unpaired) electrons. The number of carbonyl (C=O) groups excluding carboxylic acids is 1. The summed E-state index contributed by atoms with van der Waals surface area (Å²) in [6, 6.07) is 13.6. The van der Waals surface area contributed by atoms with Crippen molar-refractivity contribution in [1.82, 2.24) is 0 Å². The van der Waals surface area contributed by atoms with E-state index in [0.29, 0.717) is 11.3 Å². The molecule has 0 bridgehead atoms. The first-order valence-corrected chi connectivity index (χ1v) is 6.28. The van der Waals surface area contributed by atoms with Gasteiger partial charge < -0.3 is 4.74 Å². The Morgan fingerprint density at radius 1 is 1.24 bits per heavy atom. The molecule has 0 aliphatic heterocycles. The van der Waals surface area contributed by atoms with Crippen molar-refractivity contribution in [1.29, 1.82) is 0 Å². The minimum Gasteiger partial charge on any atom is -0.444 e. The number of hydrogen-bond donors (Lipinski definition) is 1. The lowest BCUT2D eigenvalue weighted by atomic mass is 10.2. The molecule has 6 nitrogen and oxygen atoms in total. The molecule has 1 amide bonds. The van der Waals surface area contributed by atoms with E-state index in [1.807, 2.05) is 30.3 Å². The van der Waals surface area contributed by atoms with Crippen LogP contribution in [0.25, 0.3) is 0 Å². The van der Waals surface area contributed by atoms with Gasteiger partial charge in [0.15, 0.2) is 0 Å². The van der Waals surface area contributed by atoms with Gasteiger partial charge in [-0.3, -0.25) is 15.4 Å². The highest BCUT2D eigenvalue weighted by atomic mass is 16.6. The van der Waals surface area contributed by atoms with Crippen molar-refractivity contribution in [2.45, 2.75) is 13.5 Å². The standard InChI is InChI=1S/C15H14N2O4/c1-11-7-13(9-14(8-11)17(19)20)16-15(18)21-10-12-5-3-2-4-6-12/h2-9H,10H2,1H3,(H,16,18). The number of nitrogens with one attached hydrogen (secondary N) is 1. The van der Waals surface area contributed by atoms with E-state index >= 15 is 0 Å². The van der Waals surface area contributed by atoms with Crippen LogP contribution >= 0.6 is 0 Å². The quantitative estimate of drug-likeness (QED) is 0.687. The minimum atomic E-state index is -0.654. The van der Waals surface area contributed by atoms with E-state index in [2.05, 4.69) is 5.32 Å². The second-order valence-electron chi connectivity index (χ2n) is 4.50. The normalized spacial score (nSPS) is 9.95. The first-order valence-electron chi connectivity index (χ1n) is 6.28. The van der Waals surface area contributed by atoms with Crippen LogP contribution in [0, 0.1) is 17.0 Å². The molecule has 0 aliphatic rings. The van der Waals surface area contributed by atoms with E-state index in [9.17, 15) is 14.9 Å². The third-order valence-corrected chi connectivity index (χ3v) is 2.73. The third kappa shape index (κ3) is 4.31. The van der Waals surface area contributed by atoms with Gasteiger partial charge in [0.05, 0.1) is 10.6 Å². The molecular weight excluding hydrogens is 272 g/mol. The summed E-state index contributed by atoms with van der Waals surface area (Å²) >= 11 is 0. The average molecular weight is 286 g/mol. The van der Waals surface area contributed by atoms with Crippen LogP contribution in [0.2, 0.25) is 0 Å². The number of carbonyl (C=O) groups is 1. The lowest BCUT2D eigenvalue weighted by Gasteiger charge is -2.07. The van der Waals surface area contributed by atoms with Gasteiger partial charge in [0, 0.05) is 12.1 Å². The van der Waals surface area contributed by atoms with Gasteiger partial charge in [-0.2, -0.15) is 0 Å². The number of hydrogen-bond acceptors (Lipinski definition) is 4. The summed E-state index contributed by atoms with van der Waals surface area (Å²) in [5.74, 6) is 0. The number of nitro benzene ring substituents is 1. The Bertz CT molecular complexity index is 656. The van der Waals surface area contributed by atoms with Gasteiger partial charge in [-0.25, -0.2) is 4.79 Å². The van der Waals surface area contributed by atoms with Gasteiger partial charge in [0.1, 0.15) is 6.61 Å². The molecule has 0 saturated carbocycles. The molecule has 21 heavy (non-hydrogen) atoms. The van der Waals surface area contributed by atoms with Crippen molar-refractivity contribution < 1.29 is 14.5 Å². The number of aryl methyl sites for hydroxylation is 1. The Balaban J connectivity index is 1.98. The number of amides is 1. The molecule has 6 heteroatoms. The number of non-ortho nitro benzene ring substituents is 1. The van der Waals surface area contributed by atoms with Crippen LogP contribution in [-0.4, -0.2) is 11.0 Å². The molecule has 0 atom stereocenters. The highest BCUT2D eigenvalue weighted by Crippen LogP contribution is 2.20. The summed E-state index contributed by atoms with van der Waals surface area (Å²) in [5.41, 5.74) is 1.80. The number of nitro groups is 1. The predicted octanol–water partition coefficient (Wildman–Crippen LogP) is 3.65. The average Bonchev–Trinajstić information content (AvgIpc) is 2.45. The van der Waals surface area contributed by atoms with E-state index < -0.39 is 11.0 Å². The van der Waals surface area contributed by atoms with Gasteiger partial charge in [-0.1, -0.05) is 30.3 Å².